The summed E-state index contributed by atoms with van der Waals surface area (Å²) in [6.07, 6.45) is 0. The molecule has 1 aromatic heterocycles. The number of hydrogen-bond acceptors (Lipinski definition) is 4. The van der Waals surface area contributed by atoms with Crippen LogP contribution in [0.4, 0.5) is 4.39 Å². The molecule has 2 aromatic carbocycles. The molecular weight excluding hydrogens is 361 g/mol. The zero-order valence-electron chi connectivity index (χ0n) is 16.5. The van der Waals surface area contributed by atoms with Crippen molar-refractivity contribution in [2.45, 2.75) is 50.0 Å². The standard InChI is InChI=1S/C21H24FN3OS/c1-13-11-18(19(26-6)12-17(13)22)25-14(2)20(23-24-25)27-16-9-7-15(8-10-16)21(3,4)5/h7-12H,1-6H3. The van der Waals surface area contributed by atoms with E-state index in [1.54, 1.807) is 29.4 Å². The van der Waals surface area contributed by atoms with Gasteiger partial charge in [-0.1, -0.05) is 49.9 Å². The maximum absolute atomic E-state index is 13.8. The average Bonchev–Trinajstić information content (AvgIpc) is 2.97. The van der Waals surface area contributed by atoms with Crippen LogP contribution in [-0.2, 0) is 5.41 Å². The second kappa shape index (κ2) is 7.35. The van der Waals surface area contributed by atoms with Crippen molar-refractivity contribution in [3.05, 3.63) is 59.0 Å². The number of ether oxygens (including phenoxy) is 1. The van der Waals surface area contributed by atoms with E-state index in [-0.39, 0.29) is 11.2 Å². The van der Waals surface area contributed by atoms with Crippen LogP contribution in [0.2, 0.25) is 0 Å². The number of nitrogens with zero attached hydrogens (tertiary/aromatic N) is 3. The fourth-order valence-electron chi connectivity index (χ4n) is 2.75. The van der Waals surface area contributed by atoms with Crippen LogP contribution < -0.4 is 4.74 Å². The fourth-order valence-corrected chi connectivity index (χ4v) is 3.56. The van der Waals surface area contributed by atoms with Crippen LogP contribution in [-0.4, -0.2) is 22.1 Å². The molecule has 27 heavy (non-hydrogen) atoms. The number of aromatic nitrogens is 3. The van der Waals surface area contributed by atoms with E-state index in [0.717, 1.165) is 15.6 Å². The summed E-state index contributed by atoms with van der Waals surface area (Å²) in [7, 11) is 1.52. The molecule has 0 N–H and O–H groups in total. The summed E-state index contributed by atoms with van der Waals surface area (Å²) < 4.78 is 20.9. The van der Waals surface area contributed by atoms with Crippen LogP contribution in [0.15, 0.2) is 46.3 Å². The topological polar surface area (TPSA) is 39.9 Å². The first-order valence-electron chi connectivity index (χ1n) is 8.76. The molecule has 0 saturated heterocycles. The zero-order chi connectivity index (χ0) is 19.8. The highest BCUT2D eigenvalue weighted by Crippen LogP contribution is 2.33. The first-order chi connectivity index (χ1) is 12.7. The molecule has 0 atom stereocenters. The normalized spacial score (nSPS) is 11.7. The van der Waals surface area contributed by atoms with Crippen molar-refractivity contribution in [1.82, 2.24) is 15.0 Å². The number of rotatable bonds is 4. The lowest BCUT2D eigenvalue weighted by molar-refractivity contribution is 0.407. The molecule has 1 heterocycles. The quantitative estimate of drug-likeness (QED) is 0.596. The zero-order valence-corrected chi connectivity index (χ0v) is 17.3. The Morgan fingerprint density at radius 3 is 2.33 bits per heavy atom. The molecular formula is C21H24FN3OS. The van der Waals surface area contributed by atoms with Crippen LogP contribution in [0.1, 0.15) is 37.6 Å². The summed E-state index contributed by atoms with van der Waals surface area (Å²) in [6, 6.07) is 11.6. The third kappa shape index (κ3) is 4.00. The van der Waals surface area contributed by atoms with Crippen LogP contribution in [0, 0.1) is 19.7 Å². The Labute approximate surface area is 163 Å². The van der Waals surface area contributed by atoms with Gasteiger partial charge >= 0.3 is 0 Å². The highest BCUT2D eigenvalue weighted by molar-refractivity contribution is 7.99. The Hall–Kier alpha value is -2.34. The number of benzene rings is 2. The molecule has 142 valence electrons. The van der Waals surface area contributed by atoms with E-state index < -0.39 is 0 Å². The van der Waals surface area contributed by atoms with Crippen LogP contribution in [0.5, 0.6) is 5.75 Å². The lowest BCUT2D eigenvalue weighted by Crippen LogP contribution is -2.10. The van der Waals surface area contributed by atoms with E-state index in [2.05, 4.69) is 55.3 Å². The molecule has 0 saturated carbocycles. The van der Waals surface area contributed by atoms with Crippen LogP contribution >= 0.6 is 11.8 Å². The Morgan fingerprint density at radius 2 is 1.74 bits per heavy atom. The molecule has 0 aliphatic rings. The number of aryl methyl sites for hydroxylation is 1. The van der Waals surface area contributed by atoms with Gasteiger partial charge in [0.25, 0.3) is 0 Å². The molecule has 3 rings (SSSR count). The summed E-state index contributed by atoms with van der Waals surface area (Å²) in [4.78, 5) is 1.10. The average molecular weight is 386 g/mol. The van der Waals surface area contributed by atoms with Crippen molar-refractivity contribution >= 4 is 11.8 Å². The molecule has 0 aliphatic carbocycles. The third-order valence-corrected chi connectivity index (χ3v) is 5.55. The Kier molecular flexibility index (Phi) is 5.29. The fraction of sp³-hybridized carbons (Fsp3) is 0.333. The van der Waals surface area contributed by atoms with Gasteiger partial charge in [-0.25, -0.2) is 9.07 Å². The van der Waals surface area contributed by atoms with Crippen molar-refractivity contribution in [3.63, 3.8) is 0 Å². The largest absolute Gasteiger partial charge is 0.494 e. The summed E-state index contributed by atoms with van der Waals surface area (Å²) in [6.45, 7) is 10.3. The molecule has 0 spiro atoms. The number of methoxy groups -OCH3 is 1. The van der Waals surface area contributed by atoms with Gasteiger partial charge in [0.2, 0.25) is 0 Å². The summed E-state index contributed by atoms with van der Waals surface area (Å²) in [5.41, 5.74) is 3.51. The Morgan fingerprint density at radius 1 is 1.07 bits per heavy atom. The van der Waals surface area contributed by atoms with Crippen molar-refractivity contribution in [2.24, 2.45) is 0 Å². The van der Waals surface area contributed by atoms with Gasteiger partial charge in [-0.15, -0.1) is 5.10 Å². The van der Waals surface area contributed by atoms with Gasteiger partial charge in [0.15, 0.2) is 0 Å². The summed E-state index contributed by atoms with van der Waals surface area (Å²) in [5, 5.41) is 9.38. The molecule has 0 fully saturated rings. The molecule has 0 unspecified atom stereocenters. The van der Waals surface area contributed by atoms with Gasteiger partial charge in [0.05, 0.1) is 12.8 Å². The molecule has 0 radical (unpaired) electrons. The maximum atomic E-state index is 13.8. The Balaban J connectivity index is 1.91. The Bertz CT molecular complexity index is 959. The second-order valence-corrected chi connectivity index (χ2v) is 8.60. The van der Waals surface area contributed by atoms with E-state index in [1.807, 2.05) is 6.92 Å². The maximum Gasteiger partial charge on any atom is 0.147 e. The summed E-state index contributed by atoms with van der Waals surface area (Å²) >= 11 is 1.56. The minimum absolute atomic E-state index is 0.124. The van der Waals surface area contributed by atoms with Crippen molar-refractivity contribution < 1.29 is 9.13 Å². The van der Waals surface area contributed by atoms with E-state index in [0.29, 0.717) is 17.0 Å². The van der Waals surface area contributed by atoms with Gasteiger partial charge in [-0.2, -0.15) is 0 Å². The highest BCUT2D eigenvalue weighted by atomic mass is 32.2. The molecule has 3 aromatic rings. The molecule has 6 heteroatoms. The number of hydrogen-bond donors (Lipinski definition) is 0. The minimum atomic E-state index is -0.304. The van der Waals surface area contributed by atoms with Crippen molar-refractivity contribution in [3.8, 4) is 11.4 Å². The second-order valence-electron chi connectivity index (χ2n) is 7.54. The van der Waals surface area contributed by atoms with Gasteiger partial charge in [0, 0.05) is 11.0 Å². The van der Waals surface area contributed by atoms with Gasteiger partial charge < -0.3 is 4.74 Å². The van der Waals surface area contributed by atoms with Crippen molar-refractivity contribution in [1.29, 1.82) is 0 Å². The van der Waals surface area contributed by atoms with Gasteiger partial charge in [-0.3, -0.25) is 0 Å². The molecule has 0 aliphatic heterocycles. The van der Waals surface area contributed by atoms with Crippen LogP contribution in [0.25, 0.3) is 5.69 Å². The monoisotopic (exact) mass is 385 g/mol. The predicted molar refractivity (Wildman–Crippen MR) is 107 cm³/mol. The van der Waals surface area contributed by atoms with E-state index >= 15 is 0 Å². The number of halogens is 1. The van der Waals surface area contributed by atoms with Crippen LogP contribution in [0.3, 0.4) is 0 Å². The SMILES string of the molecule is COc1cc(F)c(C)cc1-n1nnc(Sc2ccc(C(C)(C)C)cc2)c1C. The lowest BCUT2D eigenvalue weighted by atomic mass is 9.87. The smallest absolute Gasteiger partial charge is 0.147 e. The van der Waals surface area contributed by atoms with Crippen molar-refractivity contribution in [2.75, 3.05) is 7.11 Å². The summed E-state index contributed by atoms with van der Waals surface area (Å²) in [5.74, 6) is 0.124. The minimum Gasteiger partial charge on any atom is -0.494 e. The molecule has 0 bridgehead atoms. The van der Waals surface area contributed by atoms with E-state index in [1.165, 1.54) is 18.7 Å². The predicted octanol–water partition coefficient (Wildman–Crippen LogP) is 5.48. The van der Waals surface area contributed by atoms with Gasteiger partial charge in [-0.05, 0) is 48.6 Å². The van der Waals surface area contributed by atoms with E-state index in [9.17, 15) is 4.39 Å². The first-order valence-corrected chi connectivity index (χ1v) is 9.57. The molecule has 0 amide bonds. The molecule has 4 nitrogen and oxygen atoms in total. The lowest BCUT2D eigenvalue weighted by Gasteiger charge is -2.18. The van der Waals surface area contributed by atoms with Gasteiger partial charge in [0.1, 0.15) is 22.3 Å². The van der Waals surface area contributed by atoms with E-state index in [4.69, 9.17) is 4.74 Å². The highest BCUT2D eigenvalue weighted by Gasteiger charge is 2.17. The third-order valence-electron chi connectivity index (χ3n) is 4.48. The first kappa shape index (κ1) is 19.4.